The van der Waals surface area contributed by atoms with Gasteiger partial charge in [-0.2, -0.15) is 0 Å². The third-order valence-electron chi connectivity index (χ3n) is 7.44. The van der Waals surface area contributed by atoms with Crippen molar-refractivity contribution in [2.75, 3.05) is 53.3 Å². The fraction of sp³-hybridized carbons (Fsp3) is 0.586. The lowest BCUT2D eigenvalue weighted by Gasteiger charge is -2.39. The van der Waals surface area contributed by atoms with Crippen LogP contribution in [0.15, 0.2) is 47.4 Å². The lowest BCUT2D eigenvalue weighted by Crippen LogP contribution is -2.42. The average Bonchev–Trinajstić information content (AvgIpc) is 2.90. The van der Waals surface area contributed by atoms with Crippen LogP contribution in [0, 0.1) is 11.2 Å². The Morgan fingerprint density at radius 1 is 1.05 bits per heavy atom. The van der Waals surface area contributed by atoms with Gasteiger partial charge >= 0.3 is 0 Å². The summed E-state index contributed by atoms with van der Waals surface area (Å²) in [6.07, 6.45) is 1.81. The highest BCUT2D eigenvalue weighted by Crippen LogP contribution is 2.49. The van der Waals surface area contributed by atoms with Crippen LogP contribution in [0.1, 0.15) is 56.6 Å². The van der Waals surface area contributed by atoms with Crippen molar-refractivity contribution in [1.82, 2.24) is 0 Å². The zero-order valence-corrected chi connectivity index (χ0v) is 23.7. The number of aliphatic hydroxyl groups excluding tert-OH is 1. The smallest absolute Gasteiger partial charge is 0.179 e. The first kappa shape index (κ1) is 29.6. The molecule has 1 aliphatic rings. The zero-order chi connectivity index (χ0) is 27.3. The molecular formula is C29H43FNO5S+. The molecule has 3 rings (SSSR count). The SMILES string of the molecule is CCCCC1(CC)CS(=O)(=O)c2ccc(F)cc2[C@@H](c2ccc(OCCOCC[N+](C)(C)C)cc2)[C@H]1O. The fourth-order valence-electron chi connectivity index (χ4n) is 5.14. The van der Waals surface area contributed by atoms with Gasteiger partial charge in [0.2, 0.25) is 0 Å². The van der Waals surface area contributed by atoms with Crippen molar-refractivity contribution in [1.29, 1.82) is 0 Å². The molecule has 1 aliphatic heterocycles. The monoisotopic (exact) mass is 536 g/mol. The first-order valence-electron chi connectivity index (χ1n) is 13.2. The fourth-order valence-corrected chi connectivity index (χ4v) is 7.39. The Morgan fingerprint density at radius 3 is 2.38 bits per heavy atom. The maximum atomic E-state index is 14.4. The number of hydrogen-bond acceptors (Lipinski definition) is 5. The molecule has 1 unspecified atom stereocenters. The van der Waals surface area contributed by atoms with Crippen molar-refractivity contribution < 1.29 is 31.9 Å². The third kappa shape index (κ3) is 7.31. The third-order valence-corrected chi connectivity index (χ3v) is 9.43. The number of unbranched alkanes of at least 4 members (excludes halogenated alkanes) is 1. The lowest BCUT2D eigenvalue weighted by molar-refractivity contribution is -0.870. The largest absolute Gasteiger partial charge is 0.491 e. The molecule has 6 nitrogen and oxygen atoms in total. The molecule has 0 aromatic heterocycles. The number of aliphatic hydroxyl groups is 1. The van der Waals surface area contributed by atoms with Gasteiger partial charge < -0.3 is 19.1 Å². The van der Waals surface area contributed by atoms with Crippen molar-refractivity contribution in [3.8, 4) is 5.75 Å². The molecule has 1 heterocycles. The molecule has 2 aromatic carbocycles. The number of hydrogen-bond donors (Lipinski definition) is 1. The van der Waals surface area contributed by atoms with Gasteiger partial charge in [0.15, 0.2) is 9.84 Å². The Kier molecular flexibility index (Phi) is 9.78. The first-order valence-corrected chi connectivity index (χ1v) is 14.9. The van der Waals surface area contributed by atoms with Crippen LogP contribution in [0.3, 0.4) is 0 Å². The highest BCUT2D eigenvalue weighted by atomic mass is 32.2. The Balaban J connectivity index is 1.87. The summed E-state index contributed by atoms with van der Waals surface area (Å²) in [6, 6.07) is 11.1. The number of ether oxygens (including phenoxy) is 2. The van der Waals surface area contributed by atoms with Gasteiger partial charge in [0.25, 0.3) is 0 Å². The molecule has 0 amide bonds. The van der Waals surface area contributed by atoms with Crippen LogP contribution < -0.4 is 4.74 Å². The van der Waals surface area contributed by atoms with E-state index in [0.717, 1.165) is 29.4 Å². The number of rotatable bonds is 12. The van der Waals surface area contributed by atoms with Crippen molar-refractivity contribution in [3.63, 3.8) is 0 Å². The maximum Gasteiger partial charge on any atom is 0.179 e. The standard InChI is InChI=1S/C29H43FNO5S/c1-6-8-15-29(7-2)21-37(33,34)26-14-11-23(30)20-25(26)27(28(29)32)22-9-12-24(13-10-22)36-19-18-35-17-16-31(3,4)5/h9-14,20,27-28,32H,6-8,15-19,21H2,1-5H3/q+1/t27-,28-,29?/m1/s1. The number of halogens is 1. The molecule has 0 radical (unpaired) electrons. The molecule has 206 valence electrons. The van der Waals surface area contributed by atoms with Gasteiger partial charge in [0, 0.05) is 11.3 Å². The minimum atomic E-state index is -3.72. The lowest BCUT2D eigenvalue weighted by atomic mass is 9.69. The van der Waals surface area contributed by atoms with Crippen molar-refractivity contribution >= 4 is 9.84 Å². The molecule has 0 spiro atoms. The second-order valence-electron chi connectivity index (χ2n) is 11.2. The van der Waals surface area contributed by atoms with Crippen LogP contribution in [-0.4, -0.2) is 77.4 Å². The van der Waals surface area contributed by atoms with Crippen LogP contribution in [0.4, 0.5) is 4.39 Å². The van der Waals surface area contributed by atoms with Gasteiger partial charge in [-0.15, -0.1) is 0 Å². The van der Waals surface area contributed by atoms with Crippen molar-refractivity contribution in [2.45, 2.75) is 56.4 Å². The average molecular weight is 537 g/mol. The highest BCUT2D eigenvalue weighted by molar-refractivity contribution is 7.91. The Hall–Kier alpha value is -2.00. The minimum Gasteiger partial charge on any atom is -0.491 e. The number of quaternary nitrogens is 1. The van der Waals surface area contributed by atoms with Crippen LogP contribution in [0.25, 0.3) is 0 Å². The molecule has 0 bridgehead atoms. The van der Waals surface area contributed by atoms with Crippen LogP contribution in [0.5, 0.6) is 5.75 Å². The number of sulfone groups is 1. The van der Waals surface area contributed by atoms with Crippen LogP contribution in [-0.2, 0) is 14.6 Å². The predicted molar refractivity (Wildman–Crippen MR) is 144 cm³/mol. The molecule has 1 N–H and O–H groups in total. The summed E-state index contributed by atoms with van der Waals surface area (Å²) < 4.78 is 53.7. The summed E-state index contributed by atoms with van der Waals surface area (Å²) in [6.45, 7) is 6.43. The van der Waals surface area contributed by atoms with E-state index in [-0.39, 0.29) is 10.6 Å². The quantitative estimate of drug-likeness (QED) is 0.240. The molecular weight excluding hydrogens is 493 g/mol. The van der Waals surface area contributed by atoms with Crippen LogP contribution >= 0.6 is 0 Å². The van der Waals surface area contributed by atoms with E-state index in [1.807, 2.05) is 31.2 Å². The maximum absolute atomic E-state index is 14.4. The molecule has 0 saturated carbocycles. The number of fused-ring (bicyclic) bond motifs is 1. The van der Waals surface area contributed by atoms with Gasteiger partial charge in [0.05, 0.1) is 51.1 Å². The summed E-state index contributed by atoms with van der Waals surface area (Å²) in [5, 5.41) is 11.8. The van der Waals surface area contributed by atoms with Crippen molar-refractivity contribution in [3.05, 3.63) is 59.4 Å². The van der Waals surface area contributed by atoms with E-state index < -0.39 is 33.1 Å². The number of likely N-dealkylation sites (N-methyl/N-ethyl adjacent to an activating group) is 1. The van der Waals surface area contributed by atoms with E-state index in [4.69, 9.17) is 9.47 Å². The van der Waals surface area contributed by atoms with E-state index in [2.05, 4.69) is 28.1 Å². The van der Waals surface area contributed by atoms with Crippen LogP contribution in [0.2, 0.25) is 0 Å². The normalized spacial score (nSPS) is 23.3. The Labute approximate surface area is 221 Å². The van der Waals surface area contributed by atoms with Crippen molar-refractivity contribution in [2.24, 2.45) is 5.41 Å². The molecule has 37 heavy (non-hydrogen) atoms. The molecule has 2 aromatic rings. The Morgan fingerprint density at radius 2 is 1.76 bits per heavy atom. The van der Waals surface area contributed by atoms with Gasteiger partial charge in [0.1, 0.15) is 24.7 Å². The second-order valence-corrected chi connectivity index (χ2v) is 13.2. The molecule has 0 saturated heterocycles. The zero-order valence-electron chi connectivity index (χ0n) is 22.9. The van der Waals surface area contributed by atoms with E-state index in [0.29, 0.717) is 44.0 Å². The van der Waals surface area contributed by atoms with Gasteiger partial charge in [-0.3, -0.25) is 0 Å². The minimum absolute atomic E-state index is 0.108. The molecule has 3 atom stereocenters. The number of benzene rings is 2. The van der Waals surface area contributed by atoms with E-state index in [1.165, 1.54) is 18.2 Å². The summed E-state index contributed by atoms with van der Waals surface area (Å²) >= 11 is 0. The summed E-state index contributed by atoms with van der Waals surface area (Å²) in [7, 11) is 2.62. The second kappa shape index (κ2) is 12.2. The van der Waals surface area contributed by atoms with E-state index in [9.17, 15) is 17.9 Å². The number of nitrogens with zero attached hydrogens (tertiary/aromatic N) is 1. The van der Waals surface area contributed by atoms with E-state index in [1.54, 1.807) is 0 Å². The Bertz CT molecular complexity index is 1130. The van der Waals surface area contributed by atoms with Gasteiger partial charge in [-0.25, -0.2) is 12.8 Å². The summed E-state index contributed by atoms with van der Waals surface area (Å²) in [5.74, 6) is -0.689. The highest BCUT2D eigenvalue weighted by Gasteiger charge is 2.49. The van der Waals surface area contributed by atoms with E-state index >= 15 is 0 Å². The van der Waals surface area contributed by atoms with Gasteiger partial charge in [-0.1, -0.05) is 38.8 Å². The molecule has 0 fully saturated rings. The summed E-state index contributed by atoms with van der Waals surface area (Å²) in [5.41, 5.74) is 0.226. The molecule has 8 heteroatoms. The predicted octanol–water partition coefficient (Wildman–Crippen LogP) is 4.79. The summed E-state index contributed by atoms with van der Waals surface area (Å²) in [4.78, 5) is 0.108. The topological polar surface area (TPSA) is 72.8 Å². The van der Waals surface area contributed by atoms with Gasteiger partial charge in [-0.05, 0) is 54.3 Å². The first-order chi connectivity index (χ1) is 17.4. The molecule has 0 aliphatic carbocycles.